The van der Waals surface area contributed by atoms with Gasteiger partial charge in [0.2, 0.25) is 11.8 Å². The van der Waals surface area contributed by atoms with Crippen molar-refractivity contribution >= 4 is 11.6 Å². The second-order valence-corrected chi connectivity index (χ2v) is 8.46. The SMILES string of the molecule is CCCc1oc(CN2CCCN(CC(=O)Nc3ccc(F)cc3)CC2)nc1-c1ccccc1. The Kier molecular flexibility index (Phi) is 7.86. The van der Waals surface area contributed by atoms with Crippen LogP contribution in [0.4, 0.5) is 10.1 Å². The first-order valence-electron chi connectivity index (χ1n) is 11.6. The smallest absolute Gasteiger partial charge is 0.238 e. The van der Waals surface area contributed by atoms with Crippen LogP contribution in [0.15, 0.2) is 59.0 Å². The highest BCUT2D eigenvalue weighted by molar-refractivity contribution is 5.92. The summed E-state index contributed by atoms with van der Waals surface area (Å²) >= 11 is 0. The van der Waals surface area contributed by atoms with Crippen LogP contribution in [0.25, 0.3) is 11.3 Å². The second-order valence-electron chi connectivity index (χ2n) is 8.46. The molecular formula is C26H31FN4O2. The summed E-state index contributed by atoms with van der Waals surface area (Å²) in [5, 5.41) is 2.84. The lowest BCUT2D eigenvalue weighted by Gasteiger charge is -2.20. The van der Waals surface area contributed by atoms with Gasteiger partial charge in [0.05, 0.1) is 13.1 Å². The predicted octanol–water partition coefficient (Wildman–Crippen LogP) is 4.58. The Morgan fingerprint density at radius 3 is 2.52 bits per heavy atom. The number of anilines is 1. The Morgan fingerprint density at radius 1 is 1.03 bits per heavy atom. The molecule has 1 aliphatic rings. The number of nitrogens with one attached hydrogen (secondary N) is 1. The molecule has 3 aromatic rings. The molecule has 0 saturated carbocycles. The third-order valence-electron chi connectivity index (χ3n) is 5.80. The molecule has 1 amide bonds. The average molecular weight is 451 g/mol. The minimum atomic E-state index is -0.315. The number of aryl methyl sites for hydroxylation is 1. The number of rotatable bonds is 8. The van der Waals surface area contributed by atoms with Crippen molar-refractivity contribution in [2.75, 3.05) is 38.0 Å². The molecule has 1 aromatic heterocycles. The van der Waals surface area contributed by atoms with E-state index in [-0.39, 0.29) is 11.7 Å². The van der Waals surface area contributed by atoms with E-state index in [9.17, 15) is 9.18 Å². The maximum atomic E-state index is 13.0. The molecule has 0 spiro atoms. The molecule has 0 atom stereocenters. The van der Waals surface area contributed by atoms with E-state index < -0.39 is 0 Å². The van der Waals surface area contributed by atoms with Crippen molar-refractivity contribution in [3.8, 4) is 11.3 Å². The van der Waals surface area contributed by atoms with E-state index in [2.05, 4.69) is 34.2 Å². The molecule has 2 aromatic carbocycles. The number of aromatic nitrogens is 1. The van der Waals surface area contributed by atoms with Crippen molar-refractivity contribution in [2.24, 2.45) is 0 Å². The molecule has 33 heavy (non-hydrogen) atoms. The van der Waals surface area contributed by atoms with E-state index in [1.54, 1.807) is 12.1 Å². The zero-order chi connectivity index (χ0) is 23.0. The van der Waals surface area contributed by atoms with Gasteiger partial charge in [0.25, 0.3) is 0 Å². The summed E-state index contributed by atoms with van der Waals surface area (Å²) < 4.78 is 19.2. The van der Waals surface area contributed by atoms with Crippen molar-refractivity contribution in [1.82, 2.24) is 14.8 Å². The monoisotopic (exact) mass is 450 g/mol. The number of carbonyl (C=O) groups is 1. The first-order chi connectivity index (χ1) is 16.1. The molecule has 174 valence electrons. The lowest BCUT2D eigenvalue weighted by atomic mass is 10.1. The lowest BCUT2D eigenvalue weighted by molar-refractivity contribution is -0.117. The molecule has 1 saturated heterocycles. The van der Waals surface area contributed by atoms with Crippen LogP contribution in [0.1, 0.15) is 31.4 Å². The predicted molar refractivity (Wildman–Crippen MR) is 127 cm³/mol. The number of halogens is 1. The van der Waals surface area contributed by atoms with Crippen LogP contribution < -0.4 is 5.32 Å². The van der Waals surface area contributed by atoms with Gasteiger partial charge in [0.1, 0.15) is 17.3 Å². The Labute approximate surface area is 194 Å². The van der Waals surface area contributed by atoms with E-state index in [0.717, 1.165) is 68.3 Å². The topological polar surface area (TPSA) is 61.6 Å². The zero-order valence-electron chi connectivity index (χ0n) is 19.1. The van der Waals surface area contributed by atoms with Gasteiger partial charge in [0.15, 0.2) is 0 Å². The van der Waals surface area contributed by atoms with E-state index in [0.29, 0.717) is 18.8 Å². The molecule has 0 aliphatic carbocycles. The van der Waals surface area contributed by atoms with Gasteiger partial charge in [-0.2, -0.15) is 0 Å². The molecule has 0 radical (unpaired) electrons. The normalized spacial score (nSPS) is 15.3. The van der Waals surface area contributed by atoms with Gasteiger partial charge in [-0.15, -0.1) is 0 Å². The van der Waals surface area contributed by atoms with Gasteiger partial charge in [-0.25, -0.2) is 9.37 Å². The van der Waals surface area contributed by atoms with Crippen LogP contribution in [0.3, 0.4) is 0 Å². The van der Waals surface area contributed by atoms with Gasteiger partial charge >= 0.3 is 0 Å². The Hall–Kier alpha value is -3.03. The summed E-state index contributed by atoms with van der Waals surface area (Å²) in [5.74, 6) is 1.30. The minimum Gasteiger partial charge on any atom is -0.444 e. The lowest BCUT2D eigenvalue weighted by Crippen LogP contribution is -2.36. The van der Waals surface area contributed by atoms with Crippen LogP contribution in [-0.4, -0.2) is 53.4 Å². The minimum absolute atomic E-state index is 0.0838. The van der Waals surface area contributed by atoms with Gasteiger partial charge in [-0.3, -0.25) is 14.6 Å². The molecule has 4 rings (SSSR count). The summed E-state index contributed by atoms with van der Waals surface area (Å²) in [7, 11) is 0. The quantitative estimate of drug-likeness (QED) is 0.544. The number of hydrogen-bond acceptors (Lipinski definition) is 5. The van der Waals surface area contributed by atoms with Crippen LogP contribution in [0.2, 0.25) is 0 Å². The summed E-state index contributed by atoms with van der Waals surface area (Å²) in [6, 6.07) is 16.0. The van der Waals surface area contributed by atoms with Crippen molar-refractivity contribution in [2.45, 2.75) is 32.7 Å². The summed E-state index contributed by atoms with van der Waals surface area (Å²) in [4.78, 5) is 21.7. The molecular weight excluding hydrogens is 419 g/mol. The first-order valence-corrected chi connectivity index (χ1v) is 11.6. The number of hydrogen-bond donors (Lipinski definition) is 1. The Morgan fingerprint density at radius 2 is 1.76 bits per heavy atom. The van der Waals surface area contributed by atoms with Crippen LogP contribution in [0.5, 0.6) is 0 Å². The van der Waals surface area contributed by atoms with Gasteiger partial charge < -0.3 is 9.73 Å². The largest absolute Gasteiger partial charge is 0.444 e. The molecule has 1 N–H and O–H groups in total. The van der Waals surface area contributed by atoms with Gasteiger partial charge in [0, 0.05) is 30.8 Å². The van der Waals surface area contributed by atoms with Crippen molar-refractivity contribution in [3.63, 3.8) is 0 Å². The summed E-state index contributed by atoms with van der Waals surface area (Å²) in [6.07, 6.45) is 2.85. The third-order valence-corrected chi connectivity index (χ3v) is 5.80. The fourth-order valence-electron chi connectivity index (χ4n) is 4.15. The number of benzene rings is 2. The number of nitrogens with zero attached hydrogens (tertiary/aromatic N) is 3. The molecule has 1 aliphatic heterocycles. The highest BCUT2D eigenvalue weighted by Crippen LogP contribution is 2.26. The second kappa shape index (κ2) is 11.2. The highest BCUT2D eigenvalue weighted by atomic mass is 19.1. The maximum absolute atomic E-state index is 13.0. The van der Waals surface area contributed by atoms with E-state index in [1.807, 2.05) is 18.2 Å². The van der Waals surface area contributed by atoms with Gasteiger partial charge in [-0.1, -0.05) is 37.3 Å². The fourth-order valence-corrected chi connectivity index (χ4v) is 4.15. The summed E-state index contributed by atoms with van der Waals surface area (Å²) in [5.41, 5.74) is 2.64. The third kappa shape index (κ3) is 6.49. The highest BCUT2D eigenvalue weighted by Gasteiger charge is 2.20. The molecule has 7 heteroatoms. The Bertz CT molecular complexity index is 1040. The van der Waals surface area contributed by atoms with Crippen molar-refractivity contribution in [3.05, 3.63) is 72.1 Å². The summed E-state index contributed by atoms with van der Waals surface area (Å²) in [6.45, 7) is 6.56. The molecule has 0 bridgehead atoms. The van der Waals surface area contributed by atoms with Crippen LogP contribution in [0, 0.1) is 5.82 Å². The number of oxazole rings is 1. The van der Waals surface area contributed by atoms with Crippen LogP contribution >= 0.6 is 0 Å². The van der Waals surface area contributed by atoms with Gasteiger partial charge in [-0.05, 0) is 50.2 Å². The molecule has 2 heterocycles. The van der Waals surface area contributed by atoms with E-state index in [1.165, 1.54) is 12.1 Å². The van der Waals surface area contributed by atoms with E-state index >= 15 is 0 Å². The van der Waals surface area contributed by atoms with Crippen LogP contribution in [-0.2, 0) is 17.8 Å². The van der Waals surface area contributed by atoms with Crippen molar-refractivity contribution in [1.29, 1.82) is 0 Å². The van der Waals surface area contributed by atoms with E-state index in [4.69, 9.17) is 9.40 Å². The number of carbonyl (C=O) groups excluding carboxylic acids is 1. The van der Waals surface area contributed by atoms with Crippen molar-refractivity contribution < 1.29 is 13.6 Å². The molecule has 0 unspecified atom stereocenters. The fraction of sp³-hybridized carbons (Fsp3) is 0.385. The first kappa shape index (κ1) is 23.1. The standard InChI is InChI=1S/C26H31FN4O2/c1-2-7-23-26(20-8-4-3-5-9-20)29-25(33-23)19-31-15-6-14-30(16-17-31)18-24(32)28-22-12-10-21(27)11-13-22/h3-5,8-13H,2,6-7,14-19H2,1H3,(H,28,32). The Balaban J connectivity index is 1.32. The average Bonchev–Trinajstić information content (AvgIpc) is 3.08. The molecule has 1 fully saturated rings. The molecule has 6 nitrogen and oxygen atoms in total. The maximum Gasteiger partial charge on any atom is 0.238 e. The number of amides is 1. The zero-order valence-corrected chi connectivity index (χ0v) is 19.1.